The van der Waals surface area contributed by atoms with E-state index < -0.39 is 17.6 Å². The Balaban J connectivity index is 1.92. The van der Waals surface area contributed by atoms with Crippen LogP contribution in [0.4, 0.5) is 18.9 Å². The summed E-state index contributed by atoms with van der Waals surface area (Å²) in [4.78, 5) is 25.9. The molecule has 0 fully saturated rings. The highest BCUT2D eigenvalue weighted by molar-refractivity contribution is 5.95. The van der Waals surface area contributed by atoms with Gasteiger partial charge in [-0.15, -0.1) is 0 Å². The molecule has 2 aromatic carbocycles. The largest absolute Gasteiger partial charge is 0.493 e. The monoisotopic (exact) mass is 422 g/mol. The second kappa shape index (κ2) is 10.1. The number of nitrogens with zero attached hydrogens (tertiary/aromatic N) is 1. The highest BCUT2D eigenvalue weighted by Crippen LogP contribution is 2.34. The molecule has 0 aliphatic rings. The van der Waals surface area contributed by atoms with Crippen LogP contribution in [0.5, 0.6) is 5.75 Å². The summed E-state index contributed by atoms with van der Waals surface area (Å²) in [7, 11) is 0. The van der Waals surface area contributed by atoms with Gasteiger partial charge in [-0.05, 0) is 50.1 Å². The molecule has 30 heavy (non-hydrogen) atoms. The van der Waals surface area contributed by atoms with Crippen LogP contribution in [0.25, 0.3) is 0 Å². The van der Waals surface area contributed by atoms with Crippen molar-refractivity contribution in [3.63, 3.8) is 0 Å². The number of carbonyl (C=O) groups excluding carboxylic acids is 2. The summed E-state index contributed by atoms with van der Waals surface area (Å²) in [5, 5.41) is 2.25. The number of alkyl halides is 3. The fourth-order valence-electron chi connectivity index (χ4n) is 2.85. The molecule has 2 aromatic rings. The van der Waals surface area contributed by atoms with Crippen molar-refractivity contribution in [1.29, 1.82) is 0 Å². The van der Waals surface area contributed by atoms with E-state index in [4.69, 9.17) is 4.74 Å². The van der Waals surface area contributed by atoms with E-state index in [1.807, 2.05) is 32.0 Å². The van der Waals surface area contributed by atoms with Crippen molar-refractivity contribution in [3.8, 4) is 5.75 Å². The molecule has 0 heterocycles. The van der Waals surface area contributed by atoms with Gasteiger partial charge in [0.2, 0.25) is 11.8 Å². The van der Waals surface area contributed by atoms with Crippen molar-refractivity contribution in [2.75, 3.05) is 25.0 Å². The average Bonchev–Trinajstić information content (AvgIpc) is 2.68. The predicted octanol–water partition coefficient (Wildman–Crippen LogP) is 4.58. The van der Waals surface area contributed by atoms with E-state index in [1.54, 1.807) is 6.92 Å². The lowest BCUT2D eigenvalue weighted by molar-refractivity contribution is -0.137. The van der Waals surface area contributed by atoms with Gasteiger partial charge < -0.3 is 15.0 Å². The normalized spacial score (nSPS) is 11.1. The van der Waals surface area contributed by atoms with Gasteiger partial charge in [0.15, 0.2) is 0 Å². The topological polar surface area (TPSA) is 58.6 Å². The van der Waals surface area contributed by atoms with E-state index >= 15 is 0 Å². The molecule has 0 aliphatic heterocycles. The SMILES string of the molecule is CCN(CC(=O)Nc1ccccc1C(F)(F)F)C(=O)CCOc1cc(C)ccc1C. The molecule has 0 atom stereocenters. The van der Waals surface area contributed by atoms with Gasteiger partial charge in [0.1, 0.15) is 5.75 Å². The van der Waals surface area contributed by atoms with E-state index in [2.05, 4.69) is 5.32 Å². The molecule has 0 aliphatic carbocycles. The zero-order chi connectivity index (χ0) is 22.3. The summed E-state index contributed by atoms with van der Waals surface area (Å²) in [5.41, 5.74) is 0.711. The van der Waals surface area contributed by atoms with Crippen LogP contribution in [-0.2, 0) is 15.8 Å². The molecule has 5 nitrogen and oxygen atoms in total. The van der Waals surface area contributed by atoms with Crippen LogP contribution in [0, 0.1) is 13.8 Å². The number of halogens is 3. The number of nitrogens with one attached hydrogen (secondary N) is 1. The lowest BCUT2D eigenvalue weighted by Gasteiger charge is -2.21. The lowest BCUT2D eigenvalue weighted by Crippen LogP contribution is -2.38. The Morgan fingerprint density at radius 2 is 1.80 bits per heavy atom. The third-order valence-corrected chi connectivity index (χ3v) is 4.49. The Morgan fingerprint density at radius 3 is 2.47 bits per heavy atom. The molecule has 0 bridgehead atoms. The highest BCUT2D eigenvalue weighted by atomic mass is 19.4. The Morgan fingerprint density at radius 1 is 1.10 bits per heavy atom. The molecule has 2 rings (SSSR count). The van der Waals surface area contributed by atoms with Crippen LogP contribution in [0.2, 0.25) is 0 Å². The number of amides is 2. The zero-order valence-corrected chi connectivity index (χ0v) is 17.2. The molecular formula is C22H25F3N2O3. The highest BCUT2D eigenvalue weighted by Gasteiger charge is 2.33. The standard InChI is InChI=1S/C22H25F3N2O3/c1-4-27(21(29)11-12-30-19-13-15(2)9-10-16(19)3)14-20(28)26-18-8-6-5-7-17(18)22(23,24)25/h5-10,13H,4,11-12,14H2,1-3H3,(H,26,28). The molecule has 8 heteroatoms. The number of ether oxygens (including phenoxy) is 1. The van der Waals surface area contributed by atoms with Crippen molar-refractivity contribution in [3.05, 3.63) is 59.2 Å². The molecule has 0 radical (unpaired) electrons. The first-order chi connectivity index (χ1) is 14.1. The summed E-state index contributed by atoms with van der Waals surface area (Å²) in [6, 6.07) is 10.5. The number of hydrogen-bond acceptors (Lipinski definition) is 3. The molecule has 0 spiro atoms. The molecule has 2 amide bonds. The van der Waals surface area contributed by atoms with Gasteiger partial charge in [-0.3, -0.25) is 9.59 Å². The molecule has 0 saturated heterocycles. The lowest BCUT2D eigenvalue weighted by atomic mass is 10.1. The number of anilines is 1. The molecule has 0 unspecified atom stereocenters. The van der Waals surface area contributed by atoms with Gasteiger partial charge in [0.05, 0.1) is 30.8 Å². The van der Waals surface area contributed by atoms with Gasteiger partial charge >= 0.3 is 6.18 Å². The second-order valence-corrected chi connectivity index (χ2v) is 6.87. The first-order valence-corrected chi connectivity index (χ1v) is 9.55. The molecule has 1 N–H and O–H groups in total. The molecular weight excluding hydrogens is 397 g/mol. The maximum Gasteiger partial charge on any atom is 0.418 e. The quantitative estimate of drug-likeness (QED) is 0.678. The molecule has 0 saturated carbocycles. The molecule has 0 aromatic heterocycles. The Kier molecular flexibility index (Phi) is 7.86. The zero-order valence-electron chi connectivity index (χ0n) is 17.2. The summed E-state index contributed by atoms with van der Waals surface area (Å²) in [5.74, 6) is -0.327. The summed E-state index contributed by atoms with van der Waals surface area (Å²) >= 11 is 0. The van der Waals surface area contributed by atoms with Gasteiger partial charge in [-0.2, -0.15) is 13.2 Å². The maximum atomic E-state index is 13.1. The minimum Gasteiger partial charge on any atom is -0.493 e. The van der Waals surface area contributed by atoms with Gasteiger partial charge in [0.25, 0.3) is 0 Å². The predicted molar refractivity (Wildman–Crippen MR) is 108 cm³/mol. The van der Waals surface area contributed by atoms with Gasteiger partial charge in [-0.1, -0.05) is 24.3 Å². The van der Waals surface area contributed by atoms with Gasteiger partial charge in [-0.25, -0.2) is 0 Å². The van der Waals surface area contributed by atoms with E-state index in [0.717, 1.165) is 17.2 Å². The Bertz CT molecular complexity index is 897. The number of benzene rings is 2. The fourth-order valence-corrected chi connectivity index (χ4v) is 2.85. The van der Waals surface area contributed by atoms with E-state index in [9.17, 15) is 22.8 Å². The van der Waals surface area contributed by atoms with Crippen LogP contribution in [0.15, 0.2) is 42.5 Å². The second-order valence-electron chi connectivity index (χ2n) is 6.87. The first-order valence-electron chi connectivity index (χ1n) is 9.55. The van der Waals surface area contributed by atoms with Crippen LogP contribution < -0.4 is 10.1 Å². The number of hydrogen-bond donors (Lipinski definition) is 1. The van der Waals surface area contributed by atoms with E-state index in [1.165, 1.54) is 23.1 Å². The third-order valence-electron chi connectivity index (χ3n) is 4.49. The van der Waals surface area contributed by atoms with Crippen LogP contribution in [0.3, 0.4) is 0 Å². The third kappa shape index (κ3) is 6.50. The number of aryl methyl sites for hydroxylation is 2. The van der Waals surface area contributed by atoms with Crippen LogP contribution in [-0.4, -0.2) is 36.4 Å². The minimum absolute atomic E-state index is 0.0492. The van der Waals surface area contributed by atoms with Crippen LogP contribution in [0.1, 0.15) is 30.0 Å². The van der Waals surface area contributed by atoms with Crippen molar-refractivity contribution in [2.24, 2.45) is 0 Å². The minimum atomic E-state index is -4.59. The van der Waals surface area contributed by atoms with Crippen molar-refractivity contribution in [1.82, 2.24) is 4.90 Å². The average molecular weight is 422 g/mol. The van der Waals surface area contributed by atoms with Crippen molar-refractivity contribution < 1.29 is 27.5 Å². The van der Waals surface area contributed by atoms with E-state index in [-0.39, 0.29) is 37.7 Å². The Hall–Kier alpha value is -3.03. The number of carbonyl (C=O) groups is 2. The maximum absolute atomic E-state index is 13.1. The van der Waals surface area contributed by atoms with Crippen molar-refractivity contribution in [2.45, 2.75) is 33.4 Å². The van der Waals surface area contributed by atoms with Crippen LogP contribution >= 0.6 is 0 Å². The smallest absolute Gasteiger partial charge is 0.418 e. The molecule has 162 valence electrons. The first kappa shape index (κ1) is 23.3. The summed E-state index contributed by atoms with van der Waals surface area (Å²) < 4.78 is 44.8. The number of rotatable bonds is 8. The fraction of sp³-hybridized carbons (Fsp3) is 0.364. The van der Waals surface area contributed by atoms with E-state index in [0.29, 0.717) is 5.75 Å². The Labute approximate surface area is 173 Å². The number of para-hydroxylation sites is 1. The number of likely N-dealkylation sites (N-methyl/N-ethyl adjacent to an activating group) is 1. The van der Waals surface area contributed by atoms with Gasteiger partial charge in [0, 0.05) is 6.54 Å². The van der Waals surface area contributed by atoms with Crippen molar-refractivity contribution >= 4 is 17.5 Å². The summed E-state index contributed by atoms with van der Waals surface area (Å²) in [6.07, 6.45) is -4.54. The summed E-state index contributed by atoms with van der Waals surface area (Å²) in [6.45, 7) is 5.57.